The molecule has 1 heterocycles. The van der Waals surface area contributed by atoms with Crippen LogP contribution in [0.2, 0.25) is 0 Å². The van der Waals surface area contributed by atoms with E-state index in [-0.39, 0.29) is 18.7 Å². The minimum absolute atomic E-state index is 0.0735. The number of ether oxygens (including phenoxy) is 1. The summed E-state index contributed by atoms with van der Waals surface area (Å²) in [4.78, 5) is 27.6. The third kappa shape index (κ3) is 4.90. The van der Waals surface area contributed by atoms with Crippen molar-refractivity contribution in [3.63, 3.8) is 0 Å². The molecule has 1 aromatic heterocycles. The highest BCUT2D eigenvalue weighted by molar-refractivity contribution is 5.94. The van der Waals surface area contributed by atoms with Crippen LogP contribution in [0.15, 0.2) is 102 Å². The Balaban J connectivity index is 1.36. The Hall–Kier alpha value is -4.12. The van der Waals surface area contributed by atoms with Crippen molar-refractivity contribution >= 4 is 5.91 Å². The first-order valence-corrected chi connectivity index (χ1v) is 10.1. The maximum Gasteiger partial charge on any atom is 0.261 e. The molecule has 0 bridgehead atoms. The average molecular weight is 410 g/mol. The van der Waals surface area contributed by atoms with E-state index in [1.54, 1.807) is 12.1 Å². The van der Waals surface area contributed by atoms with Crippen LogP contribution in [0.1, 0.15) is 10.4 Å². The zero-order chi connectivity index (χ0) is 21.5. The van der Waals surface area contributed by atoms with E-state index in [0.29, 0.717) is 5.69 Å². The minimum atomic E-state index is -0.430. The highest BCUT2D eigenvalue weighted by Crippen LogP contribution is 2.29. The van der Waals surface area contributed by atoms with Gasteiger partial charge in [0.1, 0.15) is 17.9 Å². The fourth-order valence-corrected chi connectivity index (χ4v) is 3.31. The van der Waals surface area contributed by atoms with Crippen molar-refractivity contribution < 1.29 is 9.53 Å². The van der Waals surface area contributed by atoms with E-state index >= 15 is 0 Å². The third-order valence-electron chi connectivity index (χ3n) is 4.86. The van der Waals surface area contributed by atoms with Gasteiger partial charge in [-0.15, -0.1) is 0 Å². The van der Waals surface area contributed by atoms with Crippen molar-refractivity contribution in [3.8, 4) is 28.1 Å². The van der Waals surface area contributed by atoms with Gasteiger partial charge < -0.3 is 15.0 Å². The van der Waals surface area contributed by atoms with E-state index in [1.165, 1.54) is 0 Å². The zero-order valence-corrected chi connectivity index (χ0v) is 16.9. The van der Waals surface area contributed by atoms with Gasteiger partial charge in [0.05, 0.1) is 6.54 Å². The van der Waals surface area contributed by atoms with E-state index < -0.39 is 11.5 Å². The predicted molar refractivity (Wildman–Crippen MR) is 122 cm³/mol. The van der Waals surface area contributed by atoms with Gasteiger partial charge in [0.15, 0.2) is 0 Å². The smallest absolute Gasteiger partial charge is 0.261 e. The van der Waals surface area contributed by atoms with Gasteiger partial charge in [0, 0.05) is 11.3 Å². The van der Waals surface area contributed by atoms with Gasteiger partial charge in [0.25, 0.3) is 11.5 Å². The van der Waals surface area contributed by atoms with Crippen LogP contribution < -0.4 is 15.6 Å². The molecule has 4 rings (SSSR count). The number of rotatable bonds is 7. The summed E-state index contributed by atoms with van der Waals surface area (Å²) in [5.74, 6) is 0.314. The Labute approximate surface area is 180 Å². The lowest BCUT2D eigenvalue weighted by Crippen LogP contribution is -2.32. The fourth-order valence-electron chi connectivity index (χ4n) is 3.31. The average Bonchev–Trinajstić information content (AvgIpc) is 2.83. The monoisotopic (exact) mass is 410 g/mol. The Morgan fingerprint density at radius 3 is 2.13 bits per heavy atom. The van der Waals surface area contributed by atoms with Gasteiger partial charge in [-0.25, -0.2) is 0 Å². The van der Waals surface area contributed by atoms with Crippen molar-refractivity contribution in [3.05, 3.63) is 113 Å². The number of hydrogen-bond acceptors (Lipinski definition) is 3. The number of aromatic nitrogens is 1. The molecule has 0 saturated heterocycles. The zero-order valence-electron chi connectivity index (χ0n) is 16.9. The van der Waals surface area contributed by atoms with Crippen molar-refractivity contribution in [1.82, 2.24) is 10.3 Å². The number of H-pyrrole nitrogens is 1. The number of carbonyl (C=O) groups excluding carboxylic acids is 1. The van der Waals surface area contributed by atoms with Crippen molar-refractivity contribution in [2.24, 2.45) is 0 Å². The molecule has 5 nitrogen and oxygen atoms in total. The quantitative estimate of drug-likeness (QED) is 0.440. The van der Waals surface area contributed by atoms with Crippen LogP contribution in [0.3, 0.4) is 0 Å². The number of aromatic amines is 1. The summed E-state index contributed by atoms with van der Waals surface area (Å²) in [6.45, 7) is 0.567. The molecule has 0 atom stereocenters. The van der Waals surface area contributed by atoms with Gasteiger partial charge in [-0.05, 0) is 29.3 Å². The second-order valence-electron chi connectivity index (χ2n) is 6.95. The molecule has 1 amide bonds. The maximum atomic E-state index is 12.4. The Morgan fingerprint density at radius 2 is 1.42 bits per heavy atom. The third-order valence-corrected chi connectivity index (χ3v) is 4.86. The molecule has 3 aromatic carbocycles. The number of benzene rings is 3. The summed E-state index contributed by atoms with van der Waals surface area (Å²) in [5.41, 5.74) is 3.26. The Kier molecular flexibility index (Phi) is 6.24. The van der Waals surface area contributed by atoms with Crippen molar-refractivity contribution in [2.75, 3.05) is 13.2 Å². The van der Waals surface area contributed by atoms with Crippen LogP contribution >= 0.6 is 0 Å². The number of para-hydroxylation sites is 1. The summed E-state index contributed by atoms with van der Waals surface area (Å²) in [7, 11) is 0. The number of hydrogen-bond donors (Lipinski definition) is 2. The number of amides is 1. The molecule has 4 aromatic rings. The van der Waals surface area contributed by atoms with Crippen LogP contribution in [0.25, 0.3) is 22.4 Å². The molecule has 2 N–H and O–H groups in total. The maximum absolute atomic E-state index is 12.4. The summed E-state index contributed by atoms with van der Waals surface area (Å²) in [6.07, 6.45) is 0. The molecule has 154 valence electrons. The molecule has 31 heavy (non-hydrogen) atoms. The topological polar surface area (TPSA) is 71.2 Å². The molecule has 0 saturated carbocycles. The second-order valence-corrected chi connectivity index (χ2v) is 6.95. The summed E-state index contributed by atoms with van der Waals surface area (Å²) in [5, 5.41) is 2.74. The molecule has 0 spiro atoms. The molecule has 0 radical (unpaired) electrons. The van der Waals surface area contributed by atoms with Crippen LogP contribution in [-0.4, -0.2) is 24.0 Å². The van der Waals surface area contributed by atoms with Gasteiger partial charge in [-0.3, -0.25) is 9.59 Å². The van der Waals surface area contributed by atoms with Gasteiger partial charge in [0.2, 0.25) is 0 Å². The molecular formula is C26H22N2O3. The fraction of sp³-hybridized carbons (Fsp3) is 0.0769. The van der Waals surface area contributed by atoms with Gasteiger partial charge in [-0.2, -0.15) is 0 Å². The van der Waals surface area contributed by atoms with Crippen LogP contribution in [0, 0.1) is 0 Å². The van der Waals surface area contributed by atoms with Crippen LogP contribution in [0.5, 0.6) is 5.75 Å². The van der Waals surface area contributed by atoms with E-state index in [2.05, 4.69) is 10.3 Å². The standard InChI is InChI=1S/C26H22N2O3/c29-25(22-15-16-23(28-26(22)30)20-11-5-2-6-12-20)27-17-18-31-24-14-8-7-13-21(24)19-9-3-1-4-10-19/h1-16H,17-18H2,(H,27,29)(H,28,30). The first-order chi connectivity index (χ1) is 15.2. The molecule has 0 fully saturated rings. The SMILES string of the molecule is O=C(NCCOc1ccccc1-c1ccccc1)c1ccc(-c2ccccc2)[nH]c1=O. The highest BCUT2D eigenvalue weighted by atomic mass is 16.5. The van der Waals surface area contributed by atoms with Crippen molar-refractivity contribution in [2.45, 2.75) is 0 Å². The van der Waals surface area contributed by atoms with E-state index in [0.717, 1.165) is 22.4 Å². The van der Waals surface area contributed by atoms with Crippen molar-refractivity contribution in [1.29, 1.82) is 0 Å². The summed E-state index contributed by atoms with van der Waals surface area (Å²) < 4.78 is 5.88. The van der Waals surface area contributed by atoms with Crippen LogP contribution in [0.4, 0.5) is 0 Å². The molecule has 0 aliphatic carbocycles. The number of carbonyl (C=O) groups is 1. The summed E-state index contributed by atoms with van der Waals surface area (Å²) in [6, 6.07) is 30.5. The Bertz CT molecular complexity index is 1220. The van der Waals surface area contributed by atoms with Crippen LogP contribution in [-0.2, 0) is 0 Å². The molecular weight excluding hydrogens is 388 g/mol. The first kappa shape index (κ1) is 20.2. The molecule has 0 unspecified atom stereocenters. The largest absolute Gasteiger partial charge is 0.491 e. The van der Waals surface area contributed by atoms with Gasteiger partial charge in [-0.1, -0.05) is 78.9 Å². The molecule has 0 aliphatic heterocycles. The first-order valence-electron chi connectivity index (χ1n) is 10.1. The Morgan fingerprint density at radius 1 is 0.774 bits per heavy atom. The predicted octanol–water partition coefficient (Wildman–Crippen LogP) is 4.52. The summed E-state index contributed by atoms with van der Waals surface area (Å²) >= 11 is 0. The van der Waals surface area contributed by atoms with E-state index in [4.69, 9.17) is 4.74 Å². The van der Waals surface area contributed by atoms with Gasteiger partial charge >= 0.3 is 0 Å². The van der Waals surface area contributed by atoms with E-state index in [9.17, 15) is 9.59 Å². The highest BCUT2D eigenvalue weighted by Gasteiger charge is 2.11. The molecule has 5 heteroatoms. The normalized spacial score (nSPS) is 10.5. The lowest BCUT2D eigenvalue weighted by atomic mass is 10.1. The molecule has 0 aliphatic rings. The second kappa shape index (κ2) is 9.59. The lowest BCUT2D eigenvalue weighted by Gasteiger charge is -2.12. The number of nitrogens with one attached hydrogen (secondary N) is 2. The lowest BCUT2D eigenvalue weighted by molar-refractivity contribution is 0.0945. The number of pyridine rings is 1. The minimum Gasteiger partial charge on any atom is -0.491 e. The van der Waals surface area contributed by atoms with E-state index in [1.807, 2.05) is 84.9 Å².